The molecular formula is C16H24N2O2. The van der Waals surface area contributed by atoms with Crippen molar-refractivity contribution in [2.24, 2.45) is 11.3 Å². The molecule has 1 amide bonds. The summed E-state index contributed by atoms with van der Waals surface area (Å²) in [4.78, 5) is 14.0. The fraction of sp³-hybridized carbons (Fsp3) is 0.562. The van der Waals surface area contributed by atoms with Crippen molar-refractivity contribution in [3.8, 4) is 5.75 Å². The molecule has 1 aromatic rings. The van der Waals surface area contributed by atoms with E-state index >= 15 is 0 Å². The summed E-state index contributed by atoms with van der Waals surface area (Å²) in [5, 5.41) is 0. The number of nitrogens with two attached hydrogens (primary N) is 1. The number of nitrogens with zero attached hydrogens (tertiary/aromatic N) is 1. The average molecular weight is 276 g/mol. The van der Waals surface area contributed by atoms with Crippen molar-refractivity contribution in [3.05, 3.63) is 24.3 Å². The molecule has 2 N–H and O–H groups in total. The molecule has 110 valence electrons. The summed E-state index contributed by atoms with van der Waals surface area (Å²) in [6.45, 7) is 8.48. The zero-order valence-corrected chi connectivity index (χ0v) is 12.6. The SMILES string of the molecule is CC(C)(C)C1CCN(C(=O)COc2ccc(N)cc2)C1. The molecule has 1 unspecified atom stereocenters. The van der Waals surface area contributed by atoms with Gasteiger partial charge < -0.3 is 15.4 Å². The minimum Gasteiger partial charge on any atom is -0.484 e. The first-order chi connectivity index (χ1) is 9.36. The topological polar surface area (TPSA) is 55.6 Å². The van der Waals surface area contributed by atoms with Crippen LogP contribution in [-0.4, -0.2) is 30.5 Å². The quantitative estimate of drug-likeness (QED) is 0.863. The third kappa shape index (κ3) is 3.65. The third-order valence-corrected chi connectivity index (χ3v) is 4.01. The Morgan fingerprint density at radius 1 is 1.35 bits per heavy atom. The van der Waals surface area contributed by atoms with Crippen LogP contribution in [0.1, 0.15) is 27.2 Å². The number of likely N-dealkylation sites (tertiary alicyclic amines) is 1. The molecule has 0 saturated carbocycles. The Balaban J connectivity index is 1.83. The van der Waals surface area contributed by atoms with Crippen LogP contribution in [0.2, 0.25) is 0 Å². The van der Waals surface area contributed by atoms with Crippen molar-refractivity contribution in [3.63, 3.8) is 0 Å². The van der Waals surface area contributed by atoms with Gasteiger partial charge >= 0.3 is 0 Å². The summed E-state index contributed by atoms with van der Waals surface area (Å²) in [6, 6.07) is 7.10. The number of rotatable bonds is 3. The normalized spacial score (nSPS) is 19.1. The Hall–Kier alpha value is -1.71. The molecule has 1 aliphatic rings. The van der Waals surface area contributed by atoms with Gasteiger partial charge in [0.15, 0.2) is 6.61 Å². The van der Waals surface area contributed by atoms with Gasteiger partial charge in [-0.3, -0.25) is 4.79 Å². The smallest absolute Gasteiger partial charge is 0.260 e. The van der Waals surface area contributed by atoms with Gasteiger partial charge in [0.1, 0.15) is 5.75 Å². The van der Waals surface area contributed by atoms with E-state index in [0.717, 1.165) is 19.5 Å². The van der Waals surface area contributed by atoms with Gasteiger partial charge in [-0.25, -0.2) is 0 Å². The van der Waals surface area contributed by atoms with Crippen LogP contribution >= 0.6 is 0 Å². The molecule has 1 saturated heterocycles. The molecule has 4 heteroatoms. The maximum Gasteiger partial charge on any atom is 0.260 e. The fourth-order valence-corrected chi connectivity index (χ4v) is 2.49. The highest BCUT2D eigenvalue weighted by Gasteiger charge is 2.33. The number of anilines is 1. The number of carbonyl (C=O) groups excluding carboxylic acids is 1. The van der Waals surface area contributed by atoms with E-state index in [-0.39, 0.29) is 17.9 Å². The van der Waals surface area contributed by atoms with Gasteiger partial charge in [-0.15, -0.1) is 0 Å². The summed E-state index contributed by atoms with van der Waals surface area (Å²) < 4.78 is 5.51. The largest absolute Gasteiger partial charge is 0.484 e. The third-order valence-electron chi connectivity index (χ3n) is 4.01. The maximum atomic E-state index is 12.1. The van der Waals surface area contributed by atoms with E-state index in [9.17, 15) is 4.79 Å². The van der Waals surface area contributed by atoms with Crippen molar-refractivity contribution in [2.45, 2.75) is 27.2 Å². The standard InChI is InChI=1S/C16H24N2O2/c1-16(2,3)12-8-9-18(10-12)15(19)11-20-14-6-4-13(17)5-7-14/h4-7,12H,8-11,17H2,1-3H3. The van der Waals surface area contributed by atoms with Crippen molar-refractivity contribution >= 4 is 11.6 Å². The van der Waals surface area contributed by atoms with Crippen LogP contribution in [0, 0.1) is 11.3 Å². The van der Waals surface area contributed by atoms with E-state index in [4.69, 9.17) is 10.5 Å². The van der Waals surface area contributed by atoms with Crippen LogP contribution in [0.15, 0.2) is 24.3 Å². The van der Waals surface area contributed by atoms with E-state index in [2.05, 4.69) is 20.8 Å². The molecule has 0 spiro atoms. The Labute approximate surface area is 120 Å². The molecule has 1 heterocycles. The van der Waals surface area contributed by atoms with Gasteiger partial charge in [-0.2, -0.15) is 0 Å². The van der Waals surface area contributed by atoms with Crippen LogP contribution in [0.25, 0.3) is 0 Å². The minimum atomic E-state index is 0.0635. The molecule has 20 heavy (non-hydrogen) atoms. The van der Waals surface area contributed by atoms with Gasteiger partial charge in [-0.05, 0) is 42.0 Å². The maximum absolute atomic E-state index is 12.1. The molecule has 0 radical (unpaired) electrons. The van der Waals surface area contributed by atoms with Crippen LogP contribution in [0.3, 0.4) is 0 Å². The predicted octanol–water partition coefficient (Wildman–Crippen LogP) is 2.54. The highest BCUT2D eigenvalue weighted by molar-refractivity contribution is 5.78. The van der Waals surface area contributed by atoms with Crippen molar-refractivity contribution in [1.29, 1.82) is 0 Å². The van der Waals surface area contributed by atoms with E-state index in [1.165, 1.54) is 0 Å². The highest BCUT2D eigenvalue weighted by atomic mass is 16.5. The molecule has 0 aliphatic carbocycles. The Kier molecular flexibility index (Phi) is 4.21. The van der Waals surface area contributed by atoms with Gasteiger partial charge in [-0.1, -0.05) is 20.8 Å². The first kappa shape index (κ1) is 14.7. The summed E-state index contributed by atoms with van der Waals surface area (Å²) in [5.74, 6) is 1.32. The number of hydrogen-bond donors (Lipinski definition) is 1. The number of ether oxygens (including phenoxy) is 1. The Bertz CT molecular complexity index is 462. The number of amides is 1. The predicted molar refractivity (Wildman–Crippen MR) is 80.5 cm³/mol. The molecule has 4 nitrogen and oxygen atoms in total. The van der Waals surface area contributed by atoms with Crippen molar-refractivity contribution < 1.29 is 9.53 Å². The molecular weight excluding hydrogens is 252 g/mol. The molecule has 1 aliphatic heterocycles. The zero-order chi connectivity index (χ0) is 14.8. The van der Waals surface area contributed by atoms with E-state index in [1.807, 2.05) is 4.90 Å². The van der Waals surface area contributed by atoms with Gasteiger partial charge in [0.05, 0.1) is 0 Å². The second-order valence-corrected chi connectivity index (χ2v) is 6.55. The summed E-state index contributed by atoms with van der Waals surface area (Å²) in [5.41, 5.74) is 6.56. The van der Waals surface area contributed by atoms with Crippen molar-refractivity contribution in [2.75, 3.05) is 25.4 Å². The monoisotopic (exact) mass is 276 g/mol. The second-order valence-electron chi connectivity index (χ2n) is 6.55. The lowest BCUT2D eigenvalue weighted by atomic mass is 9.80. The molecule has 0 bridgehead atoms. The van der Waals surface area contributed by atoms with E-state index in [1.54, 1.807) is 24.3 Å². The Morgan fingerprint density at radius 3 is 2.55 bits per heavy atom. The lowest BCUT2D eigenvalue weighted by Gasteiger charge is -2.26. The summed E-state index contributed by atoms with van der Waals surface area (Å²) in [7, 11) is 0. The van der Waals surface area contributed by atoms with Crippen LogP contribution in [-0.2, 0) is 4.79 Å². The molecule has 2 rings (SSSR count). The van der Waals surface area contributed by atoms with Crippen LogP contribution in [0.4, 0.5) is 5.69 Å². The molecule has 1 aromatic carbocycles. The zero-order valence-electron chi connectivity index (χ0n) is 12.6. The van der Waals surface area contributed by atoms with Crippen molar-refractivity contribution in [1.82, 2.24) is 4.90 Å². The van der Waals surface area contributed by atoms with E-state index in [0.29, 0.717) is 17.4 Å². The number of nitrogen functional groups attached to an aromatic ring is 1. The lowest BCUT2D eigenvalue weighted by Crippen LogP contribution is -2.34. The lowest BCUT2D eigenvalue weighted by molar-refractivity contribution is -0.132. The van der Waals surface area contributed by atoms with E-state index < -0.39 is 0 Å². The summed E-state index contributed by atoms with van der Waals surface area (Å²) >= 11 is 0. The average Bonchev–Trinajstić information content (AvgIpc) is 2.87. The van der Waals surface area contributed by atoms with Gasteiger partial charge in [0.25, 0.3) is 5.91 Å². The molecule has 1 atom stereocenters. The molecule has 1 fully saturated rings. The second kappa shape index (κ2) is 5.73. The highest BCUT2D eigenvalue weighted by Crippen LogP contribution is 2.33. The Morgan fingerprint density at radius 2 is 2.00 bits per heavy atom. The first-order valence-corrected chi connectivity index (χ1v) is 7.12. The van der Waals surface area contributed by atoms with Gasteiger partial charge in [0, 0.05) is 18.8 Å². The number of benzene rings is 1. The molecule has 0 aromatic heterocycles. The first-order valence-electron chi connectivity index (χ1n) is 7.12. The number of carbonyl (C=O) groups is 1. The summed E-state index contributed by atoms with van der Waals surface area (Å²) in [6.07, 6.45) is 1.08. The number of hydrogen-bond acceptors (Lipinski definition) is 3. The van der Waals surface area contributed by atoms with Crippen LogP contribution < -0.4 is 10.5 Å². The van der Waals surface area contributed by atoms with Gasteiger partial charge in [0.2, 0.25) is 0 Å². The van der Waals surface area contributed by atoms with Crippen LogP contribution in [0.5, 0.6) is 5.75 Å². The fourth-order valence-electron chi connectivity index (χ4n) is 2.49. The minimum absolute atomic E-state index is 0.0635.